The van der Waals surface area contributed by atoms with Crippen molar-refractivity contribution in [3.63, 3.8) is 0 Å². The number of nitrogens with zero attached hydrogens (tertiary/aromatic N) is 3. The summed E-state index contributed by atoms with van der Waals surface area (Å²) in [6, 6.07) is 10.1. The number of rotatable bonds is 4. The Bertz CT molecular complexity index is 813. The fraction of sp³-hybridized carbons (Fsp3) is 0.235. The zero-order valence-corrected chi connectivity index (χ0v) is 14.1. The number of carbonyl (C=O) groups is 1. The molecular weight excluding hydrogens is 308 g/mol. The molecule has 0 aliphatic rings. The molecule has 23 heavy (non-hydrogen) atoms. The molecule has 3 aromatic rings. The molecule has 0 aliphatic carbocycles. The van der Waals surface area contributed by atoms with Gasteiger partial charge in [-0.1, -0.05) is 31.2 Å². The van der Waals surface area contributed by atoms with Crippen LogP contribution < -0.4 is 5.32 Å². The zero-order chi connectivity index (χ0) is 16.4. The minimum Gasteiger partial charge on any atom is -0.296 e. The topological polar surface area (TPSA) is 59.8 Å². The summed E-state index contributed by atoms with van der Waals surface area (Å²) in [6.45, 7) is 4.04. The lowest BCUT2D eigenvalue weighted by Crippen LogP contribution is -2.12. The number of aromatic nitrogens is 3. The summed E-state index contributed by atoms with van der Waals surface area (Å²) in [7, 11) is 1.81. The molecule has 0 saturated heterocycles. The lowest BCUT2D eigenvalue weighted by atomic mass is 10.1. The van der Waals surface area contributed by atoms with Gasteiger partial charge < -0.3 is 0 Å². The maximum Gasteiger partial charge on any atom is 0.277 e. The molecule has 0 atom stereocenters. The van der Waals surface area contributed by atoms with Gasteiger partial charge in [-0.25, -0.2) is 4.98 Å². The van der Waals surface area contributed by atoms with Crippen LogP contribution >= 0.6 is 11.3 Å². The SMILES string of the molecule is CCc1ccc(-c2csc(NC(=O)c3cc(C)n(C)n3)n2)cc1. The Morgan fingerprint density at radius 3 is 2.65 bits per heavy atom. The number of anilines is 1. The maximum absolute atomic E-state index is 12.2. The Balaban J connectivity index is 1.74. The number of thiazole rings is 1. The number of nitrogens with one attached hydrogen (secondary N) is 1. The molecule has 2 heterocycles. The fourth-order valence-electron chi connectivity index (χ4n) is 2.21. The third-order valence-corrected chi connectivity index (χ3v) is 4.49. The third-order valence-electron chi connectivity index (χ3n) is 3.73. The number of carbonyl (C=O) groups excluding carboxylic acids is 1. The van der Waals surface area contributed by atoms with Gasteiger partial charge in [0.25, 0.3) is 5.91 Å². The first kappa shape index (κ1) is 15.4. The molecule has 0 spiro atoms. The Labute approximate surface area is 139 Å². The number of aryl methyl sites for hydroxylation is 3. The largest absolute Gasteiger partial charge is 0.296 e. The van der Waals surface area contributed by atoms with Crippen LogP contribution in [0.3, 0.4) is 0 Å². The van der Waals surface area contributed by atoms with Gasteiger partial charge >= 0.3 is 0 Å². The van der Waals surface area contributed by atoms with Gasteiger partial charge in [0, 0.05) is 23.7 Å². The van der Waals surface area contributed by atoms with Crippen LogP contribution in [0.5, 0.6) is 0 Å². The highest BCUT2D eigenvalue weighted by Crippen LogP contribution is 2.25. The molecule has 2 aromatic heterocycles. The Kier molecular flexibility index (Phi) is 4.25. The second kappa shape index (κ2) is 6.34. The summed E-state index contributed by atoms with van der Waals surface area (Å²) in [4.78, 5) is 16.7. The quantitative estimate of drug-likeness (QED) is 0.796. The lowest BCUT2D eigenvalue weighted by molar-refractivity contribution is 0.102. The molecule has 1 amide bonds. The zero-order valence-electron chi connectivity index (χ0n) is 13.3. The van der Waals surface area contributed by atoms with E-state index in [2.05, 4.69) is 46.6 Å². The predicted molar refractivity (Wildman–Crippen MR) is 92.8 cm³/mol. The van der Waals surface area contributed by atoms with Gasteiger partial charge in [-0.05, 0) is 25.0 Å². The normalized spacial score (nSPS) is 10.7. The summed E-state index contributed by atoms with van der Waals surface area (Å²) in [5.74, 6) is -0.240. The Morgan fingerprint density at radius 2 is 2.04 bits per heavy atom. The molecule has 0 aliphatic heterocycles. The van der Waals surface area contributed by atoms with Crippen LogP contribution in [0.15, 0.2) is 35.7 Å². The average molecular weight is 326 g/mol. The first-order valence-corrected chi connectivity index (χ1v) is 8.31. The van der Waals surface area contributed by atoms with E-state index >= 15 is 0 Å². The number of benzene rings is 1. The van der Waals surface area contributed by atoms with E-state index in [1.807, 2.05) is 19.4 Å². The van der Waals surface area contributed by atoms with Crippen LogP contribution in [-0.4, -0.2) is 20.7 Å². The van der Waals surface area contributed by atoms with Gasteiger partial charge in [-0.15, -0.1) is 11.3 Å². The molecule has 3 rings (SSSR count). The van der Waals surface area contributed by atoms with Crippen LogP contribution in [0.1, 0.15) is 28.7 Å². The first-order chi connectivity index (χ1) is 11.1. The van der Waals surface area contributed by atoms with Gasteiger partial charge in [0.2, 0.25) is 0 Å². The molecule has 1 aromatic carbocycles. The van der Waals surface area contributed by atoms with Crippen molar-refractivity contribution in [1.29, 1.82) is 0 Å². The minimum absolute atomic E-state index is 0.240. The van der Waals surface area contributed by atoms with Crippen molar-refractivity contribution < 1.29 is 4.79 Å². The number of hydrogen-bond acceptors (Lipinski definition) is 4. The highest BCUT2D eigenvalue weighted by molar-refractivity contribution is 7.14. The third kappa shape index (κ3) is 3.32. The van der Waals surface area contributed by atoms with Gasteiger partial charge in [-0.3, -0.25) is 14.8 Å². The van der Waals surface area contributed by atoms with E-state index in [1.54, 1.807) is 10.7 Å². The van der Waals surface area contributed by atoms with Crippen LogP contribution in [0.2, 0.25) is 0 Å². The summed E-state index contributed by atoms with van der Waals surface area (Å²) < 4.78 is 1.68. The molecule has 1 N–H and O–H groups in total. The van der Waals surface area contributed by atoms with Gasteiger partial charge in [0.15, 0.2) is 10.8 Å². The highest BCUT2D eigenvalue weighted by atomic mass is 32.1. The molecule has 0 radical (unpaired) electrons. The Hall–Kier alpha value is -2.47. The molecular formula is C17H18N4OS. The Morgan fingerprint density at radius 1 is 1.30 bits per heavy atom. The molecule has 5 nitrogen and oxygen atoms in total. The van der Waals surface area contributed by atoms with Gasteiger partial charge in [0.05, 0.1) is 5.69 Å². The molecule has 6 heteroatoms. The number of amides is 1. The summed E-state index contributed by atoms with van der Waals surface area (Å²) >= 11 is 1.41. The lowest BCUT2D eigenvalue weighted by Gasteiger charge is -2.00. The van der Waals surface area contributed by atoms with Crippen LogP contribution in [0.4, 0.5) is 5.13 Å². The minimum atomic E-state index is -0.240. The number of hydrogen-bond donors (Lipinski definition) is 1. The smallest absolute Gasteiger partial charge is 0.277 e. The monoisotopic (exact) mass is 326 g/mol. The summed E-state index contributed by atoms with van der Waals surface area (Å²) in [6.07, 6.45) is 1.02. The van der Waals surface area contributed by atoms with Crippen molar-refractivity contribution in [2.24, 2.45) is 7.05 Å². The van der Waals surface area contributed by atoms with E-state index in [0.717, 1.165) is 23.4 Å². The molecule has 0 bridgehead atoms. The van der Waals surface area contributed by atoms with Crippen molar-refractivity contribution >= 4 is 22.4 Å². The van der Waals surface area contributed by atoms with E-state index in [9.17, 15) is 4.79 Å². The second-order valence-corrected chi connectivity index (χ2v) is 6.20. The standard InChI is InChI=1S/C17H18N4OS/c1-4-12-5-7-13(8-6-12)15-10-23-17(18-15)19-16(22)14-9-11(2)21(3)20-14/h5-10H,4H2,1-3H3,(H,18,19,22). The van der Waals surface area contributed by atoms with E-state index in [-0.39, 0.29) is 5.91 Å². The fourth-order valence-corrected chi connectivity index (χ4v) is 2.92. The van der Waals surface area contributed by atoms with E-state index in [0.29, 0.717) is 10.8 Å². The van der Waals surface area contributed by atoms with Crippen LogP contribution in [-0.2, 0) is 13.5 Å². The van der Waals surface area contributed by atoms with Crippen molar-refractivity contribution in [2.45, 2.75) is 20.3 Å². The van der Waals surface area contributed by atoms with Gasteiger partial charge in [-0.2, -0.15) is 5.10 Å². The second-order valence-electron chi connectivity index (χ2n) is 5.34. The maximum atomic E-state index is 12.2. The van der Waals surface area contributed by atoms with Gasteiger partial charge in [0.1, 0.15) is 0 Å². The van der Waals surface area contributed by atoms with Crippen molar-refractivity contribution in [2.75, 3.05) is 5.32 Å². The van der Waals surface area contributed by atoms with E-state index < -0.39 is 0 Å². The first-order valence-electron chi connectivity index (χ1n) is 7.43. The van der Waals surface area contributed by atoms with Crippen LogP contribution in [0, 0.1) is 6.92 Å². The van der Waals surface area contributed by atoms with Crippen molar-refractivity contribution in [3.05, 3.63) is 52.7 Å². The molecule has 0 unspecified atom stereocenters. The molecule has 118 valence electrons. The highest BCUT2D eigenvalue weighted by Gasteiger charge is 2.13. The summed E-state index contributed by atoms with van der Waals surface area (Å²) in [5, 5.41) is 9.50. The molecule has 0 saturated carbocycles. The summed E-state index contributed by atoms with van der Waals surface area (Å²) in [5.41, 5.74) is 4.54. The van der Waals surface area contributed by atoms with Crippen molar-refractivity contribution in [3.8, 4) is 11.3 Å². The molecule has 0 fully saturated rings. The van der Waals surface area contributed by atoms with E-state index in [4.69, 9.17) is 0 Å². The van der Waals surface area contributed by atoms with Crippen molar-refractivity contribution in [1.82, 2.24) is 14.8 Å². The predicted octanol–water partition coefficient (Wildman–Crippen LogP) is 3.67. The van der Waals surface area contributed by atoms with E-state index in [1.165, 1.54) is 16.9 Å². The average Bonchev–Trinajstić information content (AvgIpc) is 3.15. The van der Waals surface area contributed by atoms with Crippen LogP contribution in [0.25, 0.3) is 11.3 Å².